The van der Waals surface area contributed by atoms with E-state index in [1.807, 2.05) is 25.1 Å². The second kappa shape index (κ2) is 4.70. The fraction of sp³-hybridized carbons (Fsp3) is 0.0714. The fourth-order valence-electron chi connectivity index (χ4n) is 1.58. The van der Waals surface area contributed by atoms with E-state index in [2.05, 4.69) is 0 Å². The largest absolute Gasteiger partial charge is 0.618 e. The van der Waals surface area contributed by atoms with Crippen LogP contribution in [0.1, 0.15) is 11.1 Å². The van der Waals surface area contributed by atoms with Gasteiger partial charge in [0.1, 0.15) is 5.75 Å². The number of hydrogen-bond acceptors (Lipinski definition) is 2. The van der Waals surface area contributed by atoms with Crippen LogP contribution < -0.4 is 0 Å². The molecule has 0 atom stereocenters. The molecule has 17 heavy (non-hydrogen) atoms. The van der Waals surface area contributed by atoms with Crippen LogP contribution in [0.15, 0.2) is 48.5 Å². The van der Waals surface area contributed by atoms with Gasteiger partial charge in [-0.25, -0.2) is 0 Å². The van der Waals surface area contributed by atoms with Crippen LogP contribution in [0.25, 0.3) is 0 Å². The van der Waals surface area contributed by atoms with Gasteiger partial charge in [-0.15, -0.1) is 0 Å². The Morgan fingerprint density at radius 1 is 1.12 bits per heavy atom. The molecule has 0 aliphatic rings. The summed E-state index contributed by atoms with van der Waals surface area (Å²) in [6.45, 7) is 1.85. The van der Waals surface area contributed by atoms with Gasteiger partial charge in [-0.1, -0.05) is 18.2 Å². The van der Waals surface area contributed by atoms with Crippen molar-refractivity contribution in [2.75, 3.05) is 0 Å². The summed E-state index contributed by atoms with van der Waals surface area (Å²) >= 11 is 0. The van der Waals surface area contributed by atoms with Gasteiger partial charge in [0.15, 0.2) is 6.21 Å². The quantitative estimate of drug-likeness (QED) is 0.371. The summed E-state index contributed by atoms with van der Waals surface area (Å²) in [4.78, 5) is 0. The average molecular weight is 227 g/mol. The predicted molar refractivity (Wildman–Crippen MR) is 67.7 cm³/mol. The Balaban J connectivity index is 2.36. The molecule has 0 saturated carbocycles. The summed E-state index contributed by atoms with van der Waals surface area (Å²) in [7, 11) is 0. The molecular formula is C14H13NO2. The lowest BCUT2D eigenvalue weighted by Gasteiger charge is -2.04. The van der Waals surface area contributed by atoms with Gasteiger partial charge in [-0.3, -0.25) is 0 Å². The number of nitrogens with zero attached hydrogens (tertiary/aromatic N) is 1. The van der Waals surface area contributed by atoms with E-state index in [9.17, 15) is 10.3 Å². The molecule has 0 spiro atoms. The molecule has 0 fully saturated rings. The van der Waals surface area contributed by atoms with Crippen LogP contribution in [0.4, 0.5) is 5.69 Å². The van der Waals surface area contributed by atoms with Crippen molar-refractivity contribution in [2.24, 2.45) is 0 Å². The molecule has 0 amide bonds. The Labute approximate surface area is 99.9 Å². The fourth-order valence-corrected chi connectivity index (χ4v) is 1.58. The number of phenols is 1. The molecule has 0 radical (unpaired) electrons. The molecule has 0 aliphatic heterocycles. The number of para-hydroxylation sites is 1. The van der Waals surface area contributed by atoms with Crippen LogP contribution in [0, 0.1) is 12.1 Å². The second-order valence-corrected chi connectivity index (χ2v) is 3.83. The lowest BCUT2D eigenvalue weighted by atomic mass is 10.1. The van der Waals surface area contributed by atoms with Gasteiger partial charge in [0.05, 0.1) is 0 Å². The smallest absolute Gasteiger partial charge is 0.216 e. The Hall–Kier alpha value is -2.29. The van der Waals surface area contributed by atoms with Crippen molar-refractivity contribution in [3.05, 3.63) is 64.9 Å². The molecule has 2 aromatic rings. The van der Waals surface area contributed by atoms with Crippen LogP contribution in [0.2, 0.25) is 0 Å². The number of aryl methyl sites for hydroxylation is 1. The van der Waals surface area contributed by atoms with Crippen molar-refractivity contribution in [1.29, 1.82) is 0 Å². The Kier molecular flexibility index (Phi) is 3.10. The topological polar surface area (TPSA) is 46.3 Å². The van der Waals surface area contributed by atoms with Gasteiger partial charge < -0.3 is 10.3 Å². The Morgan fingerprint density at radius 2 is 1.82 bits per heavy atom. The highest BCUT2D eigenvalue weighted by molar-refractivity contribution is 5.79. The van der Waals surface area contributed by atoms with Gasteiger partial charge in [0.25, 0.3) is 0 Å². The molecule has 1 N–H and O–H groups in total. The highest BCUT2D eigenvalue weighted by atomic mass is 16.5. The number of phenolic OH excluding ortho intramolecular Hbond substituents is 1. The number of benzene rings is 2. The van der Waals surface area contributed by atoms with Gasteiger partial charge in [-0.05, 0) is 30.7 Å². The summed E-state index contributed by atoms with van der Waals surface area (Å²) in [5.74, 6) is 0.205. The third-order valence-corrected chi connectivity index (χ3v) is 2.52. The molecule has 0 aliphatic carbocycles. The number of aromatic hydroxyl groups is 1. The Morgan fingerprint density at radius 3 is 2.47 bits per heavy atom. The zero-order chi connectivity index (χ0) is 12.3. The molecule has 0 unspecified atom stereocenters. The molecule has 86 valence electrons. The van der Waals surface area contributed by atoms with Crippen LogP contribution in [0.5, 0.6) is 5.75 Å². The van der Waals surface area contributed by atoms with Crippen molar-refractivity contribution in [1.82, 2.24) is 0 Å². The third kappa shape index (κ3) is 2.64. The zero-order valence-electron chi connectivity index (χ0n) is 9.50. The first-order valence-electron chi connectivity index (χ1n) is 5.33. The third-order valence-electron chi connectivity index (χ3n) is 2.52. The van der Waals surface area contributed by atoms with Gasteiger partial charge in [0.2, 0.25) is 5.69 Å². The maximum absolute atomic E-state index is 11.8. The summed E-state index contributed by atoms with van der Waals surface area (Å²) in [6, 6.07) is 13.9. The maximum Gasteiger partial charge on any atom is 0.216 e. The minimum absolute atomic E-state index is 0.205. The minimum atomic E-state index is 0.205. The standard InChI is InChI=1S/C14H13NO2/c1-11-9-14(16)8-7-12(11)10-15(17)13-5-3-2-4-6-13/h2-10,16H,1H3. The normalized spacial score (nSPS) is 11.5. The van der Waals surface area contributed by atoms with Gasteiger partial charge in [-0.2, -0.15) is 4.74 Å². The van der Waals surface area contributed by atoms with E-state index in [1.165, 1.54) is 6.21 Å². The highest BCUT2D eigenvalue weighted by Gasteiger charge is 2.03. The Bertz CT molecular complexity index is 547. The zero-order valence-corrected chi connectivity index (χ0v) is 9.50. The lowest BCUT2D eigenvalue weighted by Crippen LogP contribution is -2.00. The molecule has 0 bridgehead atoms. The molecular weight excluding hydrogens is 214 g/mol. The molecule has 2 rings (SSSR count). The van der Waals surface area contributed by atoms with E-state index in [4.69, 9.17) is 0 Å². The van der Waals surface area contributed by atoms with E-state index in [0.29, 0.717) is 5.69 Å². The van der Waals surface area contributed by atoms with Crippen molar-refractivity contribution in [3.63, 3.8) is 0 Å². The first kappa shape index (κ1) is 11.2. The van der Waals surface area contributed by atoms with Crippen molar-refractivity contribution < 1.29 is 9.85 Å². The lowest BCUT2D eigenvalue weighted by molar-refractivity contribution is -0.354. The van der Waals surface area contributed by atoms with Crippen LogP contribution >= 0.6 is 0 Å². The summed E-state index contributed by atoms with van der Waals surface area (Å²) in [6.07, 6.45) is 1.50. The summed E-state index contributed by atoms with van der Waals surface area (Å²) in [5.41, 5.74) is 2.24. The molecule has 0 aromatic heterocycles. The molecule has 3 nitrogen and oxygen atoms in total. The van der Waals surface area contributed by atoms with E-state index in [-0.39, 0.29) is 5.75 Å². The van der Waals surface area contributed by atoms with Crippen LogP contribution in [-0.4, -0.2) is 16.1 Å². The first-order valence-corrected chi connectivity index (χ1v) is 5.33. The molecule has 0 saturated heterocycles. The average Bonchev–Trinajstić information content (AvgIpc) is 2.34. The van der Waals surface area contributed by atoms with E-state index < -0.39 is 0 Å². The number of rotatable bonds is 2. The molecule has 2 aromatic carbocycles. The van der Waals surface area contributed by atoms with Crippen LogP contribution in [0.3, 0.4) is 0 Å². The maximum atomic E-state index is 11.8. The second-order valence-electron chi connectivity index (χ2n) is 3.83. The van der Waals surface area contributed by atoms with Crippen molar-refractivity contribution in [2.45, 2.75) is 6.92 Å². The summed E-state index contributed by atoms with van der Waals surface area (Å²) in [5, 5.41) is 21.1. The minimum Gasteiger partial charge on any atom is -0.618 e. The first-order chi connectivity index (χ1) is 8.16. The van der Waals surface area contributed by atoms with Crippen molar-refractivity contribution in [3.8, 4) is 5.75 Å². The summed E-state index contributed by atoms with van der Waals surface area (Å²) < 4.78 is 0.819. The van der Waals surface area contributed by atoms with Gasteiger partial charge >= 0.3 is 0 Å². The predicted octanol–water partition coefficient (Wildman–Crippen LogP) is 2.96. The van der Waals surface area contributed by atoms with Crippen molar-refractivity contribution >= 4 is 11.9 Å². The van der Waals surface area contributed by atoms with E-state index in [1.54, 1.807) is 30.3 Å². The SMILES string of the molecule is Cc1cc(O)ccc1C=[N+]([O-])c1ccccc1. The highest BCUT2D eigenvalue weighted by Crippen LogP contribution is 2.15. The van der Waals surface area contributed by atoms with E-state index in [0.717, 1.165) is 15.9 Å². The molecule has 0 heterocycles. The molecule has 3 heteroatoms. The number of hydrogen-bond donors (Lipinski definition) is 1. The monoisotopic (exact) mass is 227 g/mol. The van der Waals surface area contributed by atoms with Crippen LogP contribution in [-0.2, 0) is 0 Å². The van der Waals surface area contributed by atoms with Gasteiger partial charge in [0, 0.05) is 17.7 Å². The van der Waals surface area contributed by atoms with E-state index >= 15 is 0 Å².